The van der Waals surface area contributed by atoms with E-state index >= 15 is 0 Å². The third kappa shape index (κ3) is 1.18. The number of nitrogens with one attached hydrogen (secondary N) is 1. The maximum Gasteiger partial charge on any atom is 0.336 e. The zero-order chi connectivity index (χ0) is 10.1. The van der Waals surface area contributed by atoms with Crippen molar-refractivity contribution >= 4 is 16.9 Å². The minimum Gasteiger partial charge on any atom is -0.478 e. The van der Waals surface area contributed by atoms with Crippen molar-refractivity contribution in [3.05, 3.63) is 41.9 Å². The number of carboxylic acid groups (broad SMARTS) is 1. The molecule has 0 fully saturated rings. The Bertz CT molecular complexity index is 485. The average molecular weight is 188 g/mol. The van der Waals surface area contributed by atoms with Gasteiger partial charge in [0, 0.05) is 17.1 Å². The number of carbonyl (C=O) groups is 1. The van der Waals surface area contributed by atoms with Gasteiger partial charge in [-0.2, -0.15) is 0 Å². The van der Waals surface area contributed by atoms with E-state index in [1.165, 1.54) is 0 Å². The summed E-state index contributed by atoms with van der Waals surface area (Å²) in [5, 5.41) is 9.77. The summed E-state index contributed by atoms with van der Waals surface area (Å²) in [6, 6.07) is 5.22. The molecule has 0 spiro atoms. The van der Waals surface area contributed by atoms with Gasteiger partial charge in [-0.1, -0.05) is 13.0 Å². The molecule has 2 rings (SSSR count). The van der Waals surface area contributed by atoms with Crippen LogP contribution in [0.15, 0.2) is 24.4 Å². The Morgan fingerprint density at radius 1 is 1.50 bits per heavy atom. The lowest BCUT2D eigenvalue weighted by molar-refractivity contribution is 0.0699. The first-order chi connectivity index (χ1) is 6.74. The molecule has 1 aromatic heterocycles. The summed E-state index contributed by atoms with van der Waals surface area (Å²) in [5.74, 6) is -0.890. The number of rotatable bonds is 2. The molecule has 0 bridgehead atoms. The van der Waals surface area contributed by atoms with Crippen LogP contribution in [0.5, 0.6) is 0 Å². The monoisotopic (exact) mass is 188 g/mol. The maximum atomic E-state index is 11.0. The molecule has 1 aromatic carbocycles. The second-order valence-electron chi connectivity index (χ2n) is 3.07. The Hall–Kier alpha value is -1.77. The number of carboxylic acids is 1. The van der Waals surface area contributed by atoms with Crippen LogP contribution in [-0.2, 0) is 0 Å². The standard InChI is InChI=1S/C11H10NO2/c1-2-7-6-12-9-5-3-4-8(10(7)9)11(13)14/h2-6,12H,1H3,(H,13,14). The summed E-state index contributed by atoms with van der Waals surface area (Å²) in [5.41, 5.74) is 2.13. The van der Waals surface area contributed by atoms with Crippen LogP contribution in [0.3, 0.4) is 0 Å². The first kappa shape index (κ1) is 8.81. The molecular weight excluding hydrogens is 178 g/mol. The zero-order valence-electron chi connectivity index (χ0n) is 7.74. The van der Waals surface area contributed by atoms with Crippen molar-refractivity contribution in [3.63, 3.8) is 0 Å². The van der Waals surface area contributed by atoms with E-state index in [0.717, 1.165) is 16.5 Å². The van der Waals surface area contributed by atoms with Gasteiger partial charge in [0.2, 0.25) is 0 Å². The highest BCUT2D eigenvalue weighted by Crippen LogP contribution is 2.23. The Balaban J connectivity index is 2.81. The van der Waals surface area contributed by atoms with Crippen molar-refractivity contribution < 1.29 is 9.90 Å². The number of aromatic nitrogens is 1. The van der Waals surface area contributed by atoms with Gasteiger partial charge in [0.1, 0.15) is 0 Å². The predicted octanol–water partition coefficient (Wildman–Crippen LogP) is 2.44. The Kier molecular flexibility index (Phi) is 2.00. The number of fused-ring (bicyclic) bond motifs is 1. The molecule has 1 radical (unpaired) electrons. The van der Waals surface area contributed by atoms with Crippen LogP contribution in [0.1, 0.15) is 22.8 Å². The van der Waals surface area contributed by atoms with E-state index in [-0.39, 0.29) is 0 Å². The van der Waals surface area contributed by atoms with Gasteiger partial charge in [-0.25, -0.2) is 4.79 Å². The lowest BCUT2D eigenvalue weighted by Gasteiger charge is -1.99. The highest BCUT2D eigenvalue weighted by Gasteiger charge is 2.11. The minimum atomic E-state index is -0.890. The molecule has 0 amide bonds. The van der Waals surface area contributed by atoms with Gasteiger partial charge in [-0.05, 0) is 24.1 Å². The van der Waals surface area contributed by atoms with Gasteiger partial charge in [-0.15, -0.1) is 0 Å². The van der Waals surface area contributed by atoms with Crippen LogP contribution in [0, 0.1) is 6.42 Å². The summed E-state index contributed by atoms with van der Waals surface area (Å²) in [4.78, 5) is 14.0. The van der Waals surface area contributed by atoms with Gasteiger partial charge in [-0.3, -0.25) is 0 Å². The fourth-order valence-electron chi connectivity index (χ4n) is 1.62. The fourth-order valence-corrected chi connectivity index (χ4v) is 1.62. The van der Waals surface area contributed by atoms with E-state index in [4.69, 9.17) is 5.11 Å². The molecule has 3 heteroatoms. The number of hydrogen-bond acceptors (Lipinski definition) is 1. The molecule has 71 valence electrons. The molecule has 0 aliphatic rings. The lowest BCUT2D eigenvalue weighted by atomic mass is 10.1. The van der Waals surface area contributed by atoms with Crippen LogP contribution in [0.25, 0.3) is 10.9 Å². The molecule has 0 atom stereocenters. The fraction of sp³-hybridized carbons (Fsp3) is 0.0909. The lowest BCUT2D eigenvalue weighted by Crippen LogP contribution is -1.97. The van der Waals surface area contributed by atoms with Gasteiger partial charge >= 0.3 is 5.97 Å². The van der Waals surface area contributed by atoms with E-state index in [2.05, 4.69) is 4.98 Å². The summed E-state index contributed by atoms with van der Waals surface area (Å²) in [7, 11) is 0. The number of benzene rings is 1. The van der Waals surface area contributed by atoms with Gasteiger partial charge in [0.25, 0.3) is 0 Å². The Morgan fingerprint density at radius 2 is 2.29 bits per heavy atom. The van der Waals surface area contributed by atoms with Crippen molar-refractivity contribution in [3.8, 4) is 0 Å². The number of hydrogen-bond donors (Lipinski definition) is 2. The summed E-state index contributed by atoms with van der Waals surface area (Å²) < 4.78 is 0. The second kappa shape index (κ2) is 3.18. The zero-order valence-corrected chi connectivity index (χ0v) is 7.74. The van der Waals surface area contributed by atoms with E-state index < -0.39 is 5.97 Å². The maximum absolute atomic E-state index is 11.0. The average Bonchev–Trinajstić information content (AvgIpc) is 2.59. The van der Waals surface area contributed by atoms with E-state index in [1.807, 2.05) is 25.6 Å². The van der Waals surface area contributed by atoms with Crippen LogP contribution in [0.4, 0.5) is 0 Å². The molecule has 0 aliphatic heterocycles. The van der Waals surface area contributed by atoms with Gasteiger partial charge < -0.3 is 10.1 Å². The largest absolute Gasteiger partial charge is 0.478 e. The summed E-state index contributed by atoms with van der Waals surface area (Å²) in [6.07, 6.45) is 3.71. The van der Waals surface area contributed by atoms with Crippen molar-refractivity contribution in [1.82, 2.24) is 4.98 Å². The molecule has 0 saturated carbocycles. The highest BCUT2D eigenvalue weighted by atomic mass is 16.4. The van der Waals surface area contributed by atoms with E-state index in [1.54, 1.807) is 12.1 Å². The third-order valence-electron chi connectivity index (χ3n) is 2.28. The molecular formula is C11H10NO2. The molecule has 0 saturated heterocycles. The van der Waals surface area contributed by atoms with Crippen LogP contribution >= 0.6 is 0 Å². The smallest absolute Gasteiger partial charge is 0.336 e. The Morgan fingerprint density at radius 3 is 2.93 bits per heavy atom. The number of aromatic carboxylic acids is 1. The molecule has 0 unspecified atom stereocenters. The van der Waals surface area contributed by atoms with Crippen molar-refractivity contribution in [2.24, 2.45) is 0 Å². The van der Waals surface area contributed by atoms with Crippen molar-refractivity contribution in [2.45, 2.75) is 6.92 Å². The topological polar surface area (TPSA) is 53.1 Å². The molecule has 14 heavy (non-hydrogen) atoms. The highest BCUT2D eigenvalue weighted by molar-refractivity contribution is 6.04. The minimum absolute atomic E-state index is 0.344. The van der Waals surface area contributed by atoms with E-state index in [9.17, 15) is 4.79 Å². The van der Waals surface area contributed by atoms with Crippen molar-refractivity contribution in [2.75, 3.05) is 0 Å². The first-order valence-corrected chi connectivity index (χ1v) is 4.37. The van der Waals surface area contributed by atoms with Crippen molar-refractivity contribution in [1.29, 1.82) is 0 Å². The van der Waals surface area contributed by atoms with Crippen LogP contribution in [-0.4, -0.2) is 16.1 Å². The normalized spacial score (nSPS) is 10.6. The van der Waals surface area contributed by atoms with Gasteiger partial charge in [0.15, 0.2) is 0 Å². The molecule has 2 aromatic rings. The third-order valence-corrected chi connectivity index (χ3v) is 2.28. The quantitative estimate of drug-likeness (QED) is 0.760. The molecule has 0 aliphatic carbocycles. The number of H-pyrrole nitrogens is 1. The SMILES string of the molecule is C[CH]c1c[nH]c2cccc(C(=O)O)c12. The number of aromatic amines is 1. The first-order valence-electron chi connectivity index (χ1n) is 4.37. The van der Waals surface area contributed by atoms with Crippen LogP contribution in [0.2, 0.25) is 0 Å². The second-order valence-corrected chi connectivity index (χ2v) is 3.07. The van der Waals surface area contributed by atoms with E-state index in [0.29, 0.717) is 5.56 Å². The molecule has 2 N–H and O–H groups in total. The van der Waals surface area contributed by atoms with Gasteiger partial charge in [0.05, 0.1) is 5.56 Å². The predicted molar refractivity (Wildman–Crippen MR) is 54.3 cm³/mol. The molecule has 1 heterocycles. The summed E-state index contributed by atoms with van der Waals surface area (Å²) >= 11 is 0. The molecule has 3 nitrogen and oxygen atoms in total. The summed E-state index contributed by atoms with van der Waals surface area (Å²) in [6.45, 7) is 1.89. The van der Waals surface area contributed by atoms with Crippen LogP contribution < -0.4 is 0 Å². The Labute approximate surface area is 81.4 Å².